The number of phosphoric acid groups is 1. The topological polar surface area (TPSA) is 192 Å². The van der Waals surface area contributed by atoms with Crippen molar-refractivity contribution in [3.05, 3.63) is 0 Å². The molecule has 12 nitrogen and oxygen atoms in total. The molecule has 0 aliphatic heterocycles. The van der Waals surface area contributed by atoms with Crippen molar-refractivity contribution in [1.29, 1.82) is 0 Å². The van der Waals surface area contributed by atoms with Crippen molar-refractivity contribution in [1.82, 2.24) is 0 Å². The Balaban J connectivity index is 2.33. The second-order valence-corrected chi connectivity index (χ2v) is 18.7. The van der Waals surface area contributed by atoms with Crippen molar-refractivity contribution in [3.8, 4) is 0 Å². The molecule has 6 atom stereocenters. The molecule has 0 radical (unpaired) electrons. The summed E-state index contributed by atoms with van der Waals surface area (Å²) in [5.41, 5.74) is 0. The van der Waals surface area contributed by atoms with E-state index >= 15 is 0 Å². The van der Waals surface area contributed by atoms with Crippen molar-refractivity contribution in [3.63, 3.8) is 0 Å². The number of phosphoric ester groups is 1. The normalized spacial score (nSPS) is 22.4. The van der Waals surface area contributed by atoms with Crippen LogP contribution in [0.5, 0.6) is 0 Å². The minimum Gasteiger partial charge on any atom is -0.457 e. The summed E-state index contributed by atoms with van der Waals surface area (Å²) in [7, 11) is -5.01. The zero-order chi connectivity index (χ0) is 43.4. The lowest BCUT2D eigenvalue weighted by atomic mass is 9.85. The third-order valence-electron chi connectivity index (χ3n) is 11.7. The molecular formula is C46H91O12P. The number of aliphatic hydroxyl groups excluding tert-OH is 5. The first-order chi connectivity index (χ1) is 28.5. The number of ether oxygens (including phenoxy) is 2. The van der Waals surface area contributed by atoms with Gasteiger partial charge >= 0.3 is 13.8 Å². The molecule has 0 bridgehead atoms. The Labute approximate surface area is 359 Å². The average Bonchev–Trinajstić information content (AvgIpc) is 3.22. The molecule has 0 aromatic carbocycles. The molecule has 6 N–H and O–H groups in total. The maximum absolute atomic E-state index is 12.8. The highest BCUT2D eigenvalue weighted by Gasteiger charge is 2.51. The van der Waals surface area contributed by atoms with E-state index in [1.54, 1.807) is 0 Å². The Morgan fingerprint density at radius 1 is 0.475 bits per heavy atom. The quantitative estimate of drug-likeness (QED) is 0.0194. The summed E-state index contributed by atoms with van der Waals surface area (Å²) in [4.78, 5) is 23.1. The van der Waals surface area contributed by atoms with Crippen LogP contribution in [0.2, 0.25) is 0 Å². The van der Waals surface area contributed by atoms with Crippen LogP contribution in [0, 0.1) is 0 Å². The predicted molar refractivity (Wildman–Crippen MR) is 235 cm³/mol. The monoisotopic (exact) mass is 867 g/mol. The van der Waals surface area contributed by atoms with Crippen LogP contribution in [0.3, 0.4) is 0 Å². The third-order valence-corrected chi connectivity index (χ3v) is 12.7. The van der Waals surface area contributed by atoms with Crippen molar-refractivity contribution < 1.29 is 58.3 Å². The Bertz CT molecular complexity index is 989. The maximum Gasteiger partial charge on any atom is 0.472 e. The van der Waals surface area contributed by atoms with Gasteiger partial charge in [0.15, 0.2) is 0 Å². The van der Waals surface area contributed by atoms with Gasteiger partial charge in [0.05, 0.1) is 13.2 Å². The number of carbonyl (C=O) groups excluding carboxylic acids is 1. The van der Waals surface area contributed by atoms with Gasteiger partial charge in [-0.3, -0.25) is 13.8 Å². The summed E-state index contributed by atoms with van der Waals surface area (Å²) in [5, 5.41) is 50.2. The summed E-state index contributed by atoms with van der Waals surface area (Å²) >= 11 is 0. The van der Waals surface area contributed by atoms with Crippen molar-refractivity contribution >= 4 is 13.8 Å². The number of hydrogen-bond donors (Lipinski definition) is 6. The first-order valence-electron chi connectivity index (χ1n) is 24.4. The van der Waals surface area contributed by atoms with E-state index in [1.165, 1.54) is 161 Å². The van der Waals surface area contributed by atoms with E-state index in [9.17, 15) is 39.8 Å². The maximum atomic E-state index is 12.8. The SMILES string of the molecule is CCCCCCCCCCCCCCCCCCCCCOCC(COP(=O)(O)OC1C(O)C(O)C(O)C(O)C1O)OC(=O)CCCCCCCCCCCCCCC. The number of rotatable bonds is 42. The Morgan fingerprint density at radius 3 is 1.17 bits per heavy atom. The molecule has 0 spiro atoms. The molecule has 1 aliphatic rings. The van der Waals surface area contributed by atoms with E-state index in [2.05, 4.69) is 13.8 Å². The van der Waals surface area contributed by atoms with Crippen LogP contribution in [-0.2, 0) is 27.9 Å². The summed E-state index contributed by atoms with van der Waals surface area (Å²) < 4.78 is 34.2. The summed E-state index contributed by atoms with van der Waals surface area (Å²) in [5.74, 6) is -0.471. The van der Waals surface area contributed by atoms with E-state index in [4.69, 9.17) is 18.5 Å². The molecule has 0 aromatic rings. The van der Waals surface area contributed by atoms with Crippen molar-refractivity contribution in [2.24, 2.45) is 0 Å². The van der Waals surface area contributed by atoms with Gasteiger partial charge in [0.1, 0.15) is 42.7 Å². The van der Waals surface area contributed by atoms with Gasteiger partial charge in [-0.25, -0.2) is 4.57 Å². The van der Waals surface area contributed by atoms with E-state index in [-0.39, 0.29) is 13.0 Å². The number of hydrogen-bond acceptors (Lipinski definition) is 11. The highest BCUT2D eigenvalue weighted by Crippen LogP contribution is 2.47. The Morgan fingerprint density at radius 2 is 0.797 bits per heavy atom. The summed E-state index contributed by atoms with van der Waals surface area (Å²) in [6.45, 7) is 4.30. The first-order valence-corrected chi connectivity index (χ1v) is 25.9. The van der Waals surface area contributed by atoms with Gasteiger partial charge in [-0.1, -0.05) is 206 Å². The van der Waals surface area contributed by atoms with Crippen LogP contribution >= 0.6 is 7.82 Å². The van der Waals surface area contributed by atoms with Gasteiger partial charge in [-0.15, -0.1) is 0 Å². The summed E-state index contributed by atoms with van der Waals surface area (Å²) in [6.07, 6.45) is 27.4. The Hall–Kier alpha value is -0.660. The predicted octanol–water partition coefficient (Wildman–Crippen LogP) is 10.1. The Kier molecular flexibility index (Phi) is 36.2. The van der Waals surface area contributed by atoms with E-state index in [0.717, 1.165) is 38.5 Å². The molecule has 0 saturated heterocycles. The second kappa shape index (κ2) is 37.9. The second-order valence-electron chi connectivity index (χ2n) is 17.3. The lowest BCUT2D eigenvalue weighted by Gasteiger charge is -2.41. The molecule has 59 heavy (non-hydrogen) atoms. The molecule has 0 aromatic heterocycles. The largest absolute Gasteiger partial charge is 0.472 e. The fourth-order valence-corrected chi connectivity index (χ4v) is 8.80. The number of unbranched alkanes of at least 4 members (excludes halogenated alkanes) is 30. The smallest absolute Gasteiger partial charge is 0.457 e. The van der Waals surface area contributed by atoms with Gasteiger partial charge in [-0.05, 0) is 12.8 Å². The average molecular weight is 867 g/mol. The highest BCUT2D eigenvalue weighted by molar-refractivity contribution is 7.47. The standard InChI is InChI=1S/C46H91O12P/c1-3-5-7-9-11-13-15-17-18-19-20-21-22-24-26-28-30-32-34-36-55-37-39(38-56-59(53,54)58-46-44(51)42(49)41(48)43(50)45(46)52)57-40(47)35-33-31-29-27-25-23-16-14-12-10-8-6-4-2/h39,41-46,48-52H,3-38H2,1-2H3,(H,53,54). The lowest BCUT2D eigenvalue weighted by Crippen LogP contribution is -2.64. The van der Waals surface area contributed by atoms with Crippen LogP contribution in [0.15, 0.2) is 0 Å². The fourth-order valence-electron chi connectivity index (χ4n) is 7.83. The number of esters is 1. The van der Waals surface area contributed by atoms with Gasteiger partial charge < -0.3 is 39.9 Å². The third kappa shape index (κ3) is 30.1. The molecule has 0 amide bonds. The number of carbonyl (C=O) groups is 1. The molecule has 1 fully saturated rings. The van der Waals surface area contributed by atoms with Gasteiger partial charge in [-0.2, -0.15) is 0 Å². The lowest BCUT2D eigenvalue weighted by molar-refractivity contribution is -0.220. The van der Waals surface area contributed by atoms with Crippen molar-refractivity contribution in [2.45, 2.75) is 268 Å². The molecular weight excluding hydrogens is 775 g/mol. The van der Waals surface area contributed by atoms with Gasteiger partial charge in [0, 0.05) is 13.0 Å². The zero-order valence-corrected chi connectivity index (χ0v) is 38.5. The van der Waals surface area contributed by atoms with Gasteiger partial charge in [0.2, 0.25) is 0 Å². The fraction of sp³-hybridized carbons (Fsp3) is 0.978. The summed E-state index contributed by atoms with van der Waals surface area (Å²) in [6, 6.07) is 0. The van der Waals surface area contributed by atoms with Crippen LogP contribution in [0.25, 0.3) is 0 Å². The van der Waals surface area contributed by atoms with Crippen LogP contribution in [-0.4, -0.2) is 98.9 Å². The minimum atomic E-state index is -5.01. The number of aliphatic hydroxyl groups is 5. The van der Waals surface area contributed by atoms with Crippen LogP contribution in [0.4, 0.5) is 0 Å². The molecule has 0 heterocycles. The van der Waals surface area contributed by atoms with E-state index < -0.39 is 63.1 Å². The van der Waals surface area contributed by atoms with Crippen LogP contribution in [0.1, 0.15) is 226 Å². The van der Waals surface area contributed by atoms with Gasteiger partial charge in [0.25, 0.3) is 0 Å². The molecule has 1 aliphatic carbocycles. The first kappa shape index (κ1) is 56.4. The van der Waals surface area contributed by atoms with E-state index in [1.807, 2.05) is 0 Å². The zero-order valence-electron chi connectivity index (χ0n) is 37.6. The molecule has 1 saturated carbocycles. The minimum absolute atomic E-state index is 0.0678. The van der Waals surface area contributed by atoms with Crippen molar-refractivity contribution in [2.75, 3.05) is 19.8 Å². The van der Waals surface area contributed by atoms with Crippen LogP contribution < -0.4 is 0 Å². The van der Waals surface area contributed by atoms with E-state index in [0.29, 0.717) is 13.0 Å². The highest BCUT2D eigenvalue weighted by atomic mass is 31.2. The molecule has 13 heteroatoms. The molecule has 352 valence electrons. The molecule has 6 unspecified atom stereocenters. The molecule has 1 rings (SSSR count).